The molecular weight excluding hydrogens is 689 g/mol. The van der Waals surface area contributed by atoms with Crippen LogP contribution >= 0.6 is 11.3 Å². The van der Waals surface area contributed by atoms with E-state index in [0.717, 1.165) is 71.9 Å². The fourth-order valence-corrected chi connectivity index (χ4v) is 9.81. The average molecular weight is 717 g/mol. The maximum absolute atomic E-state index is 9.65. The van der Waals surface area contributed by atoms with Gasteiger partial charge in [0, 0.05) is 47.7 Å². The molecule has 254 valence electrons. The van der Waals surface area contributed by atoms with Crippen LogP contribution in [0.1, 0.15) is 5.56 Å². The molecular formula is C50H28N4S. The summed E-state index contributed by atoms with van der Waals surface area (Å²) in [7, 11) is 0. The Labute approximate surface area is 320 Å². The maximum atomic E-state index is 9.65. The minimum atomic E-state index is 0.641. The van der Waals surface area contributed by atoms with E-state index in [9.17, 15) is 5.26 Å². The number of hydrogen-bond donors (Lipinski definition) is 0. The first-order valence-corrected chi connectivity index (χ1v) is 19.0. The highest BCUT2D eigenvalue weighted by atomic mass is 32.1. The molecule has 0 saturated carbocycles. The van der Waals surface area contributed by atoms with Crippen LogP contribution in [0.15, 0.2) is 170 Å². The zero-order chi connectivity index (χ0) is 36.6. The molecule has 0 atom stereocenters. The molecule has 11 rings (SSSR count). The topological polar surface area (TPSA) is 38.0 Å². The van der Waals surface area contributed by atoms with Crippen LogP contribution < -0.4 is 0 Å². The van der Waals surface area contributed by atoms with Crippen LogP contribution in [-0.4, -0.2) is 9.13 Å². The van der Waals surface area contributed by atoms with E-state index in [-0.39, 0.29) is 0 Å². The zero-order valence-corrected chi connectivity index (χ0v) is 30.2. The fraction of sp³-hybridized carbons (Fsp3) is 0. The van der Waals surface area contributed by atoms with Gasteiger partial charge >= 0.3 is 0 Å². The summed E-state index contributed by atoms with van der Waals surface area (Å²) >= 11 is 1.82. The van der Waals surface area contributed by atoms with Gasteiger partial charge < -0.3 is 9.13 Å². The van der Waals surface area contributed by atoms with E-state index in [0.29, 0.717) is 11.3 Å². The number of thiophene rings is 1. The van der Waals surface area contributed by atoms with Crippen molar-refractivity contribution in [2.75, 3.05) is 0 Å². The maximum Gasteiger partial charge on any atom is 0.188 e. The second-order valence-electron chi connectivity index (χ2n) is 13.9. The smallest absolute Gasteiger partial charge is 0.188 e. The summed E-state index contributed by atoms with van der Waals surface area (Å²) in [6.45, 7) is 7.81. The lowest BCUT2D eigenvalue weighted by Crippen LogP contribution is -1.96. The number of fused-ring (bicyclic) bond motifs is 10. The number of rotatable bonds is 4. The Hall–Kier alpha value is -7.44. The van der Waals surface area contributed by atoms with E-state index < -0.39 is 0 Å². The van der Waals surface area contributed by atoms with E-state index in [1.807, 2.05) is 29.5 Å². The second kappa shape index (κ2) is 12.0. The number of para-hydroxylation sites is 1. The van der Waals surface area contributed by atoms with Crippen molar-refractivity contribution in [2.45, 2.75) is 0 Å². The number of hydrogen-bond acceptors (Lipinski definition) is 2. The summed E-state index contributed by atoms with van der Waals surface area (Å²) in [5, 5.41) is 16.6. The van der Waals surface area contributed by atoms with Gasteiger partial charge in [0.25, 0.3) is 0 Å². The van der Waals surface area contributed by atoms with E-state index >= 15 is 0 Å². The van der Waals surface area contributed by atoms with Crippen molar-refractivity contribution in [3.8, 4) is 39.7 Å². The Morgan fingerprint density at radius 3 is 1.85 bits per heavy atom. The monoisotopic (exact) mass is 716 g/mol. The van der Waals surface area contributed by atoms with Gasteiger partial charge in [-0.2, -0.15) is 5.26 Å². The molecule has 0 spiro atoms. The van der Waals surface area contributed by atoms with Gasteiger partial charge in [-0.15, -0.1) is 11.3 Å². The Morgan fingerprint density at radius 2 is 1.11 bits per heavy atom. The van der Waals surface area contributed by atoms with Gasteiger partial charge in [0.2, 0.25) is 0 Å². The molecule has 0 N–H and O–H groups in total. The zero-order valence-electron chi connectivity index (χ0n) is 29.4. The van der Waals surface area contributed by atoms with Crippen LogP contribution in [0, 0.1) is 17.9 Å². The Balaban J connectivity index is 1.08. The number of nitrogens with zero attached hydrogens (tertiary/aromatic N) is 4. The summed E-state index contributed by atoms with van der Waals surface area (Å²) in [6.07, 6.45) is 0. The number of aromatic nitrogens is 2. The third kappa shape index (κ3) is 4.68. The van der Waals surface area contributed by atoms with Gasteiger partial charge in [0.15, 0.2) is 5.69 Å². The predicted octanol–water partition coefficient (Wildman–Crippen LogP) is 14.0. The molecule has 0 bridgehead atoms. The van der Waals surface area contributed by atoms with E-state index in [2.05, 4.69) is 172 Å². The van der Waals surface area contributed by atoms with Crippen LogP contribution in [-0.2, 0) is 0 Å². The van der Waals surface area contributed by atoms with Crippen molar-refractivity contribution < 1.29 is 0 Å². The van der Waals surface area contributed by atoms with Crippen molar-refractivity contribution in [1.29, 1.82) is 5.26 Å². The minimum Gasteiger partial charge on any atom is -0.309 e. The van der Waals surface area contributed by atoms with Crippen LogP contribution in [0.3, 0.4) is 0 Å². The molecule has 8 aromatic carbocycles. The number of benzene rings is 8. The van der Waals surface area contributed by atoms with E-state index in [1.165, 1.54) is 25.6 Å². The molecule has 0 aliphatic rings. The molecule has 11 aromatic rings. The third-order valence-electron chi connectivity index (χ3n) is 10.9. The Kier molecular flexibility index (Phi) is 6.82. The summed E-state index contributed by atoms with van der Waals surface area (Å²) in [4.78, 5) is 3.81. The molecule has 3 heterocycles. The molecule has 0 aliphatic carbocycles. The molecule has 0 aliphatic heterocycles. The van der Waals surface area contributed by atoms with E-state index in [4.69, 9.17) is 6.57 Å². The second-order valence-corrected chi connectivity index (χ2v) is 15.0. The van der Waals surface area contributed by atoms with Gasteiger partial charge in [-0.05, 0) is 100 Å². The van der Waals surface area contributed by atoms with Crippen molar-refractivity contribution in [3.63, 3.8) is 0 Å². The molecule has 0 radical (unpaired) electrons. The lowest BCUT2D eigenvalue weighted by molar-refractivity contribution is 1.18. The summed E-state index contributed by atoms with van der Waals surface area (Å²) in [5.74, 6) is 0. The standard InChI is InChI=1S/C50H28N4S/c1-52-34-21-24-46-43(29-34)49-47(25-22-41-40-17-5-7-19-48(40)55-50(41)49)54(46)36-13-9-11-33(28-36)38-15-3-2-14-37(38)32-10-8-12-35(27-32)53-44-18-6-4-16-39(44)42-26-31(30-51)20-23-45(42)53/h2-29H. The highest BCUT2D eigenvalue weighted by molar-refractivity contribution is 7.26. The normalized spacial score (nSPS) is 11.6. The summed E-state index contributed by atoms with van der Waals surface area (Å²) in [6, 6.07) is 62.1. The minimum absolute atomic E-state index is 0.641. The molecule has 5 heteroatoms. The van der Waals surface area contributed by atoms with Gasteiger partial charge in [-0.25, -0.2) is 4.85 Å². The molecule has 55 heavy (non-hydrogen) atoms. The molecule has 0 fully saturated rings. The largest absolute Gasteiger partial charge is 0.309 e. The van der Waals surface area contributed by atoms with Crippen molar-refractivity contribution in [3.05, 3.63) is 187 Å². The third-order valence-corrected chi connectivity index (χ3v) is 12.1. The molecule has 0 unspecified atom stereocenters. The van der Waals surface area contributed by atoms with Crippen LogP contribution in [0.2, 0.25) is 0 Å². The molecule has 3 aromatic heterocycles. The lowest BCUT2D eigenvalue weighted by atomic mass is 9.94. The Morgan fingerprint density at radius 1 is 0.491 bits per heavy atom. The molecule has 4 nitrogen and oxygen atoms in total. The van der Waals surface area contributed by atoms with Gasteiger partial charge in [-0.3, -0.25) is 0 Å². The van der Waals surface area contributed by atoms with E-state index in [1.54, 1.807) is 0 Å². The fourth-order valence-electron chi connectivity index (χ4n) is 8.55. The quantitative estimate of drug-likeness (QED) is 0.167. The summed E-state index contributed by atoms with van der Waals surface area (Å²) in [5.41, 5.74) is 12.3. The van der Waals surface area contributed by atoms with Crippen LogP contribution in [0.25, 0.3) is 102 Å². The first-order valence-electron chi connectivity index (χ1n) is 18.2. The van der Waals surface area contributed by atoms with Gasteiger partial charge in [0.05, 0.1) is 40.3 Å². The number of nitriles is 1. The highest BCUT2D eigenvalue weighted by Crippen LogP contribution is 2.45. The lowest BCUT2D eigenvalue weighted by Gasteiger charge is -2.15. The summed E-state index contributed by atoms with van der Waals surface area (Å²) < 4.78 is 7.17. The molecule has 0 amide bonds. The first kappa shape index (κ1) is 31.1. The SMILES string of the molecule is [C-]#[N+]c1ccc2c(c1)c1c3sc4ccccc4c3ccc1n2-c1cccc(-c2ccccc2-c2cccc(-n3c4ccccc4c4cc(C#N)ccc43)c2)c1. The highest BCUT2D eigenvalue weighted by Gasteiger charge is 2.19. The van der Waals surface area contributed by atoms with Crippen LogP contribution in [0.4, 0.5) is 5.69 Å². The Bertz CT molecular complexity index is 3470. The van der Waals surface area contributed by atoms with Crippen molar-refractivity contribution in [2.24, 2.45) is 0 Å². The average Bonchev–Trinajstić information content (AvgIpc) is 3.91. The predicted molar refractivity (Wildman–Crippen MR) is 230 cm³/mol. The van der Waals surface area contributed by atoms with Gasteiger partial charge in [0.1, 0.15) is 0 Å². The first-order chi connectivity index (χ1) is 27.2. The molecule has 0 saturated heterocycles. The van der Waals surface area contributed by atoms with Crippen LogP contribution in [0.5, 0.6) is 0 Å². The van der Waals surface area contributed by atoms with Crippen molar-refractivity contribution >= 4 is 80.8 Å². The van der Waals surface area contributed by atoms with Gasteiger partial charge in [-0.1, -0.05) is 97.1 Å². The van der Waals surface area contributed by atoms with Crippen molar-refractivity contribution in [1.82, 2.24) is 9.13 Å².